The summed E-state index contributed by atoms with van der Waals surface area (Å²) in [5, 5.41) is 0. The van der Waals surface area contributed by atoms with Crippen molar-refractivity contribution >= 4 is 35.0 Å². The van der Waals surface area contributed by atoms with Gasteiger partial charge in [0, 0.05) is 26.2 Å². The number of nitrogens with zero attached hydrogens (tertiary/aromatic N) is 4. The fraction of sp³-hybridized carbons (Fsp3) is 0.333. The van der Waals surface area contributed by atoms with Crippen molar-refractivity contribution in [3.63, 3.8) is 0 Å². The zero-order valence-corrected chi connectivity index (χ0v) is 18.2. The van der Waals surface area contributed by atoms with E-state index >= 15 is 0 Å². The maximum Gasteiger partial charge on any atom is 0.251 e. The van der Waals surface area contributed by atoms with Crippen molar-refractivity contribution in [2.45, 2.75) is 24.9 Å². The number of carbonyl (C=O) groups is 4. The van der Waals surface area contributed by atoms with Crippen LogP contribution >= 0.6 is 0 Å². The third-order valence-corrected chi connectivity index (χ3v) is 6.61. The van der Waals surface area contributed by atoms with E-state index in [-0.39, 0.29) is 36.0 Å². The molecule has 0 saturated carbocycles. The Morgan fingerprint density at radius 2 is 1.00 bits per heavy atom. The van der Waals surface area contributed by atoms with Gasteiger partial charge in [0.15, 0.2) is 0 Å². The minimum Gasteiger partial charge on any atom is -0.289 e. The quantitative estimate of drug-likeness (QED) is 0.634. The molecule has 0 radical (unpaired) electrons. The average molecular weight is 468 g/mol. The normalized spacial score (nSPS) is 24.5. The number of amides is 4. The first-order chi connectivity index (χ1) is 16.3. The Morgan fingerprint density at radius 3 is 1.35 bits per heavy atom. The van der Waals surface area contributed by atoms with Gasteiger partial charge in [0.1, 0.15) is 11.6 Å². The number of carbonyl (C=O) groups excluding carboxylic acids is 4. The summed E-state index contributed by atoms with van der Waals surface area (Å²) in [5.74, 6) is -2.62. The van der Waals surface area contributed by atoms with Gasteiger partial charge in [-0.1, -0.05) is 12.1 Å². The Hall–Kier alpha value is -3.50. The lowest BCUT2D eigenvalue weighted by atomic mass is 10.1. The molecule has 0 N–H and O–H groups in total. The Kier molecular flexibility index (Phi) is 5.70. The van der Waals surface area contributed by atoms with Crippen molar-refractivity contribution in [1.29, 1.82) is 0 Å². The molecule has 0 spiro atoms. The van der Waals surface area contributed by atoms with Crippen LogP contribution in [0.15, 0.2) is 48.5 Å². The van der Waals surface area contributed by atoms with E-state index in [2.05, 4.69) is 0 Å². The lowest BCUT2D eigenvalue weighted by molar-refractivity contribution is -0.126. The molecule has 10 heteroatoms. The van der Waals surface area contributed by atoms with E-state index in [1.807, 2.05) is 9.80 Å². The number of piperazine rings is 1. The first-order valence-electron chi connectivity index (χ1n) is 11.1. The van der Waals surface area contributed by atoms with Gasteiger partial charge in [-0.15, -0.1) is 0 Å². The molecule has 34 heavy (non-hydrogen) atoms. The maximum absolute atomic E-state index is 13.6. The molecule has 3 fully saturated rings. The molecule has 2 aromatic rings. The molecule has 0 bridgehead atoms. The van der Waals surface area contributed by atoms with Crippen LogP contribution in [0.1, 0.15) is 12.8 Å². The van der Waals surface area contributed by atoms with Gasteiger partial charge < -0.3 is 0 Å². The number of hydrogen-bond donors (Lipinski definition) is 0. The van der Waals surface area contributed by atoms with Crippen LogP contribution in [0.5, 0.6) is 0 Å². The first kappa shape index (κ1) is 22.3. The largest absolute Gasteiger partial charge is 0.289 e. The molecular formula is C24H22F2N4O4. The standard InChI is InChI=1S/C24H22F2N4O4/c25-15-3-1-5-17(11-15)29-21(31)13-19(23(29)33)27-7-9-28(10-8-27)20-14-22(32)30(24(20)34)18-6-2-4-16(26)12-18/h1-6,11-12,19-20H,7-10,13-14H2/t19-,20-/m0/s1. The van der Waals surface area contributed by atoms with Crippen molar-refractivity contribution < 1.29 is 28.0 Å². The van der Waals surface area contributed by atoms with Crippen molar-refractivity contribution in [2.24, 2.45) is 0 Å². The predicted octanol–water partition coefficient (Wildman–Crippen LogP) is 1.55. The molecule has 3 aliphatic rings. The second-order valence-electron chi connectivity index (χ2n) is 8.61. The number of benzene rings is 2. The van der Waals surface area contributed by atoms with E-state index in [1.165, 1.54) is 36.4 Å². The number of hydrogen-bond acceptors (Lipinski definition) is 6. The average Bonchev–Trinajstić information content (AvgIpc) is 3.28. The van der Waals surface area contributed by atoms with E-state index in [1.54, 1.807) is 0 Å². The number of rotatable bonds is 4. The van der Waals surface area contributed by atoms with Gasteiger partial charge in [0.05, 0.1) is 36.3 Å². The van der Waals surface area contributed by atoms with E-state index in [4.69, 9.17) is 0 Å². The zero-order valence-electron chi connectivity index (χ0n) is 18.2. The van der Waals surface area contributed by atoms with Crippen LogP contribution in [-0.2, 0) is 19.2 Å². The smallest absolute Gasteiger partial charge is 0.251 e. The molecule has 3 saturated heterocycles. The van der Waals surface area contributed by atoms with Crippen LogP contribution in [0.2, 0.25) is 0 Å². The van der Waals surface area contributed by atoms with Crippen molar-refractivity contribution in [1.82, 2.24) is 9.80 Å². The van der Waals surface area contributed by atoms with Gasteiger partial charge in [-0.2, -0.15) is 0 Å². The highest BCUT2D eigenvalue weighted by Crippen LogP contribution is 2.29. The number of halogens is 2. The van der Waals surface area contributed by atoms with Crippen LogP contribution in [0.25, 0.3) is 0 Å². The summed E-state index contributed by atoms with van der Waals surface area (Å²) >= 11 is 0. The summed E-state index contributed by atoms with van der Waals surface area (Å²) in [6.45, 7) is 1.72. The molecule has 2 aromatic carbocycles. The molecule has 176 valence electrons. The second-order valence-corrected chi connectivity index (χ2v) is 8.61. The minimum atomic E-state index is -0.650. The molecule has 0 aliphatic carbocycles. The Bertz CT molecular complexity index is 1090. The molecule has 5 rings (SSSR count). The molecule has 8 nitrogen and oxygen atoms in total. The van der Waals surface area contributed by atoms with Crippen molar-refractivity contribution in [3.8, 4) is 0 Å². The molecule has 0 aromatic heterocycles. The topological polar surface area (TPSA) is 81.2 Å². The Balaban J connectivity index is 1.24. The highest BCUT2D eigenvalue weighted by Gasteiger charge is 2.46. The summed E-state index contributed by atoms with van der Waals surface area (Å²) in [6.07, 6.45) is 0.00703. The third kappa shape index (κ3) is 3.88. The molecular weight excluding hydrogens is 446 g/mol. The monoisotopic (exact) mass is 468 g/mol. The SMILES string of the molecule is O=C1C[C@H](N2CCN([C@H]3CC(=O)N(c4cccc(F)c4)C3=O)CC2)C(=O)N1c1cccc(F)c1. The summed E-state index contributed by atoms with van der Waals surface area (Å²) in [4.78, 5) is 56.8. The minimum absolute atomic E-state index is 0.00351. The van der Waals surface area contributed by atoms with Crippen LogP contribution in [0.3, 0.4) is 0 Å². The van der Waals surface area contributed by atoms with Gasteiger partial charge in [0.2, 0.25) is 11.8 Å². The summed E-state index contributed by atoms with van der Waals surface area (Å²) in [7, 11) is 0. The molecule has 0 unspecified atom stereocenters. The summed E-state index contributed by atoms with van der Waals surface area (Å²) in [6, 6.07) is 9.44. The molecule has 4 amide bonds. The molecule has 3 heterocycles. The van der Waals surface area contributed by atoms with Crippen LogP contribution in [-0.4, -0.2) is 71.7 Å². The van der Waals surface area contributed by atoms with E-state index in [0.717, 1.165) is 21.9 Å². The predicted molar refractivity (Wildman–Crippen MR) is 118 cm³/mol. The van der Waals surface area contributed by atoms with E-state index in [0.29, 0.717) is 26.2 Å². The highest BCUT2D eigenvalue weighted by atomic mass is 19.1. The Morgan fingerprint density at radius 1 is 0.618 bits per heavy atom. The number of imide groups is 2. The maximum atomic E-state index is 13.6. The fourth-order valence-corrected chi connectivity index (χ4v) is 4.94. The van der Waals surface area contributed by atoms with Gasteiger partial charge in [-0.25, -0.2) is 18.6 Å². The van der Waals surface area contributed by atoms with Crippen LogP contribution in [0, 0.1) is 11.6 Å². The summed E-state index contributed by atoms with van der Waals surface area (Å²) in [5.41, 5.74) is 0.423. The lowest BCUT2D eigenvalue weighted by Crippen LogP contribution is -2.56. The van der Waals surface area contributed by atoms with Crippen LogP contribution < -0.4 is 9.80 Å². The molecule has 3 aliphatic heterocycles. The Labute approximate surface area is 194 Å². The van der Waals surface area contributed by atoms with Gasteiger partial charge in [-0.3, -0.25) is 29.0 Å². The van der Waals surface area contributed by atoms with Gasteiger partial charge in [-0.05, 0) is 36.4 Å². The first-order valence-corrected chi connectivity index (χ1v) is 11.1. The van der Waals surface area contributed by atoms with Crippen molar-refractivity contribution in [3.05, 3.63) is 60.2 Å². The third-order valence-electron chi connectivity index (χ3n) is 6.61. The zero-order chi connectivity index (χ0) is 24.0. The molecule has 2 atom stereocenters. The summed E-state index contributed by atoms with van der Waals surface area (Å²) < 4.78 is 27.2. The van der Waals surface area contributed by atoms with Gasteiger partial charge in [0.25, 0.3) is 11.8 Å². The lowest BCUT2D eigenvalue weighted by Gasteiger charge is -2.38. The van der Waals surface area contributed by atoms with Gasteiger partial charge >= 0.3 is 0 Å². The highest BCUT2D eigenvalue weighted by molar-refractivity contribution is 6.23. The van der Waals surface area contributed by atoms with Crippen LogP contribution in [0.4, 0.5) is 20.2 Å². The van der Waals surface area contributed by atoms with E-state index in [9.17, 15) is 28.0 Å². The number of anilines is 2. The second kappa shape index (κ2) is 8.69. The van der Waals surface area contributed by atoms with Crippen molar-refractivity contribution in [2.75, 3.05) is 36.0 Å². The fourth-order valence-electron chi connectivity index (χ4n) is 4.94. The van der Waals surface area contributed by atoms with E-state index < -0.39 is 35.5 Å².